The van der Waals surface area contributed by atoms with Crippen molar-refractivity contribution in [3.8, 4) is 0 Å². The molecule has 0 rings (SSSR count). The van der Waals surface area contributed by atoms with Crippen LogP contribution in [-0.4, -0.2) is 26.2 Å². The molecule has 0 aromatic rings. The molecular formula is C10H14O4. The van der Waals surface area contributed by atoms with E-state index in [1.165, 1.54) is 14.2 Å². The number of hydrogen-bond acceptors (Lipinski definition) is 4. The third kappa shape index (κ3) is 3.46. The van der Waals surface area contributed by atoms with E-state index in [1.54, 1.807) is 6.92 Å². The molecule has 4 heteroatoms. The zero-order valence-corrected chi connectivity index (χ0v) is 8.62. The second-order valence-electron chi connectivity index (χ2n) is 2.76. The molecule has 0 spiro atoms. The smallest absolute Gasteiger partial charge is 0.320 e. The van der Waals surface area contributed by atoms with Crippen LogP contribution in [-0.2, 0) is 19.1 Å². The van der Waals surface area contributed by atoms with Gasteiger partial charge in [0.2, 0.25) is 0 Å². The topological polar surface area (TPSA) is 52.6 Å². The van der Waals surface area contributed by atoms with Crippen LogP contribution in [0.2, 0.25) is 0 Å². The van der Waals surface area contributed by atoms with Gasteiger partial charge in [0.25, 0.3) is 0 Å². The second kappa shape index (κ2) is 6.00. The van der Waals surface area contributed by atoms with Crippen LogP contribution in [0.25, 0.3) is 0 Å². The molecule has 0 unspecified atom stereocenters. The lowest BCUT2D eigenvalue weighted by Gasteiger charge is -2.11. The Hall–Kier alpha value is -1.54. The predicted molar refractivity (Wildman–Crippen MR) is 50.5 cm³/mol. The fourth-order valence-corrected chi connectivity index (χ4v) is 0.926. The average molecular weight is 198 g/mol. The van der Waals surface area contributed by atoms with Gasteiger partial charge in [0.1, 0.15) is 0 Å². The first-order valence-corrected chi connectivity index (χ1v) is 4.08. The standard InChI is InChI=1S/C10H14O4/c1-5-7(2)6-8(9(11)13-3)10(12)14-4/h8H,1,6H2,2-4H3. The lowest BCUT2D eigenvalue weighted by atomic mass is 10.0. The van der Waals surface area contributed by atoms with Gasteiger partial charge in [-0.1, -0.05) is 6.58 Å². The van der Waals surface area contributed by atoms with Crippen LogP contribution < -0.4 is 0 Å². The lowest BCUT2D eigenvalue weighted by Crippen LogP contribution is -2.26. The van der Waals surface area contributed by atoms with Crippen molar-refractivity contribution in [2.45, 2.75) is 13.3 Å². The highest BCUT2D eigenvalue weighted by Crippen LogP contribution is 2.13. The molecule has 0 fully saturated rings. The molecule has 0 aliphatic heterocycles. The van der Waals surface area contributed by atoms with Gasteiger partial charge in [-0.15, -0.1) is 5.73 Å². The summed E-state index contributed by atoms with van der Waals surface area (Å²) >= 11 is 0. The number of rotatable bonds is 4. The largest absolute Gasteiger partial charge is 0.468 e. The monoisotopic (exact) mass is 198 g/mol. The SMILES string of the molecule is C=C=C(C)CC(C(=O)OC)C(=O)OC. The van der Waals surface area contributed by atoms with Crippen molar-refractivity contribution < 1.29 is 19.1 Å². The first kappa shape index (κ1) is 12.5. The highest BCUT2D eigenvalue weighted by Gasteiger charge is 2.28. The van der Waals surface area contributed by atoms with E-state index in [1.807, 2.05) is 0 Å². The summed E-state index contributed by atoms with van der Waals surface area (Å²) in [7, 11) is 2.45. The number of esters is 2. The summed E-state index contributed by atoms with van der Waals surface area (Å²) in [6.45, 7) is 5.15. The number of allylic oxidation sites excluding steroid dienone is 1. The molecule has 0 saturated carbocycles. The molecule has 0 aliphatic carbocycles. The van der Waals surface area contributed by atoms with Gasteiger partial charge in [-0.25, -0.2) is 0 Å². The Labute approximate surface area is 83.2 Å². The van der Waals surface area contributed by atoms with Gasteiger partial charge in [0, 0.05) is 0 Å². The van der Waals surface area contributed by atoms with E-state index in [0.29, 0.717) is 5.57 Å². The van der Waals surface area contributed by atoms with E-state index >= 15 is 0 Å². The van der Waals surface area contributed by atoms with Crippen molar-refractivity contribution in [3.63, 3.8) is 0 Å². The van der Waals surface area contributed by atoms with Crippen molar-refractivity contribution >= 4 is 11.9 Å². The average Bonchev–Trinajstić information content (AvgIpc) is 2.23. The first-order chi connectivity index (χ1) is 6.56. The highest BCUT2D eigenvalue weighted by atomic mass is 16.5. The fraction of sp³-hybridized carbons (Fsp3) is 0.500. The molecular weight excluding hydrogens is 184 g/mol. The molecule has 0 aromatic carbocycles. The van der Waals surface area contributed by atoms with Crippen molar-refractivity contribution in [1.82, 2.24) is 0 Å². The van der Waals surface area contributed by atoms with Crippen molar-refractivity contribution in [1.29, 1.82) is 0 Å². The third-order valence-electron chi connectivity index (χ3n) is 1.78. The van der Waals surface area contributed by atoms with Gasteiger partial charge in [-0.3, -0.25) is 9.59 Å². The number of methoxy groups -OCH3 is 2. The molecule has 14 heavy (non-hydrogen) atoms. The van der Waals surface area contributed by atoms with Crippen LogP contribution in [0.1, 0.15) is 13.3 Å². The summed E-state index contributed by atoms with van der Waals surface area (Å²) < 4.78 is 8.96. The van der Waals surface area contributed by atoms with E-state index in [2.05, 4.69) is 21.8 Å². The van der Waals surface area contributed by atoms with Crippen molar-refractivity contribution in [2.75, 3.05) is 14.2 Å². The predicted octanol–water partition coefficient (Wildman–Crippen LogP) is 1.07. The van der Waals surface area contributed by atoms with Gasteiger partial charge in [-0.2, -0.15) is 0 Å². The Balaban J connectivity index is 4.64. The van der Waals surface area contributed by atoms with E-state index in [4.69, 9.17) is 0 Å². The second-order valence-corrected chi connectivity index (χ2v) is 2.76. The van der Waals surface area contributed by atoms with Crippen LogP contribution in [0.3, 0.4) is 0 Å². The van der Waals surface area contributed by atoms with E-state index in [0.717, 1.165) is 0 Å². The molecule has 4 nitrogen and oxygen atoms in total. The minimum absolute atomic E-state index is 0.225. The minimum atomic E-state index is -0.917. The van der Waals surface area contributed by atoms with Crippen LogP contribution in [0.15, 0.2) is 17.9 Å². The van der Waals surface area contributed by atoms with Gasteiger partial charge in [-0.05, 0) is 18.9 Å². The van der Waals surface area contributed by atoms with Gasteiger partial charge in [0.05, 0.1) is 14.2 Å². The Morgan fingerprint density at radius 2 is 1.71 bits per heavy atom. The van der Waals surface area contributed by atoms with E-state index < -0.39 is 17.9 Å². The minimum Gasteiger partial charge on any atom is -0.468 e. The van der Waals surface area contributed by atoms with Crippen molar-refractivity contribution in [2.24, 2.45) is 5.92 Å². The van der Waals surface area contributed by atoms with Gasteiger partial charge in [0.15, 0.2) is 5.92 Å². The van der Waals surface area contributed by atoms with E-state index in [-0.39, 0.29) is 6.42 Å². The molecule has 78 valence electrons. The molecule has 0 aliphatic rings. The summed E-state index contributed by atoms with van der Waals surface area (Å²) in [6, 6.07) is 0. The molecule has 0 radical (unpaired) electrons. The molecule has 0 amide bonds. The normalized spacial score (nSPS) is 9.14. The lowest BCUT2D eigenvalue weighted by molar-refractivity contribution is -0.158. The van der Waals surface area contributed by atoms with Gasteiger partial charge >= 0.3 is 11.9 Å². The molecule has 0 atom stereocenters. The zero-order valence-electron chi connectivity index (χ0n) is 8.62. The summed E-state index contributed by atoms with van der Waals surface area (Å²) in [6.07, 6.45) is 0.225. The van der Waals surface area contributed by atoms with Crippen LogP contribution in [0, 0.1) is 5.92 Å². The maximum absolute atomic E-state index is 11.2. The summed E-state index contributed by atoms with van der Waals surface area (Å²) in [5.74, 6) is -2.13. The number of hydrogen-bond donors (Lipinski definition) is 0. The fourth-order valence-electron chi connectivity index (χ4n) is 0.926. The third-order valence-corrected chi connectivity index (χ3v) is 1.78. The first-order valence-electron chi connectivity index (χ1n) is 4.08. The van der Waals surface area contributed by atoms with Crippen LogP contribution in [0.5, 0.6) is 0 Å². The summed E-state index contributed by atoms with van der Waals surface area (Å²) in [4.78, 5) is 22.4. The maximum atomic E-state index is 11.2. The quantitative estimate of drug-likeness (QED) is 0.385. The number of carbonyl (C=O) groups is 2. The molecule has 0 heterocycles. The number of carbonyl (C=O) groups excluding carboxylic acids is 2. The Morgan fingerprint density at radius 3 is 2.00 bits per heavy atom. The van der Waals surface area contributed by atoms with Crippen molar-refractivity contribution in [3.05, 3.63) is 17.9 Å². The summed E-state index contributed by atoms with van der Waals surface area (Å²) in [5, 5.41) is 0. The van der Waals surface area contributed by atoms with Crippen LogP contribution in [0.4, 0.5) is 0 Å². The molecule has 0 N–H and O–H groups in total. The molecule has 0 aromatic heterocycles. The molecule has 0 saturated heterocycles. The van der Waals surface area contributed by atoms with Crippen LogP contribution >= 0.6 is 0 Å². The van der Waals surface area contributed by atoms with Gasteiger partial charge < -0.3 is 9.47 Å². The highest BCUT2D eigenvalue weighted by molar-refractivity contribution is 5.95. The Morgan fingerprint density at radius 1 is 1.29 bits per heavy atom. The Kier molecular flexibility index (Phi) is 5.34. The molecule has 0 bridgehead atoms. The Bertz CT molecular complexity index is 258. The van der Waals surface area contributed by atoms with E-state index in [9.17, 15) is 9.59 Å². The number of ether oxygens (including phenoxy) is 2. The summed E-state index contributed by atoms with van der Waals surface area (Å²) in [5.41, 5.74) is 3.32. The maximum Gasteiger partial charge on any atom is 0.320 e. The zero-order chi connectivity index (χ0) is 11.1.